The van der Waals surface area contributed by atoms with Gasteiger partial charge in [0.15, 0.2) is 6.10 Å². The van der Waals surface area contributed by atoms with Gasteiger partial charge in [-0.05, 0) is 0 Å². The van der Waals surface area contributed by atoms with E-state index in [-0.39, 0.29) is 0 Å². The van der Waals surface area contributed by atoms with Gasteiger partial charge in [0.05, 0.1) is 6.54 Å². The van der Waals surface area contributed by atoms with Crippen LogP contribution in [-0.4, -0.2) is 49.1 Å². The molecule has 0 saturated heterocycles. The maximum absolute atomic E-state index is 12.3. The second-order valence-corrected chi connectivity index (χ2v) is 2.70. The van der Waals surface area contributed by atoms with Gasteiger partial charge in [-0.1, -0.05) is 0 Å². The molecule has 5 nitrogen and oxygen atoms in total. The maximum Gasteiger partial charge on any atom is 0.383 e. The van der Waals surface area contributed by atoms with E-state index in [1.807, 2.05) is 0 Å². The first-order valence-corrected chi connectivity index (χ1v) is 3.93. The third kappa shape index (κ3) is 3.65. The van der Waals surface area contributed by atoms with Crippen molar-refractivity contribution in [3.63, 3.8) is 0 Å². The number of methoxy groups -OCH3 is 1. The van der Waals surface area contributed by atoms with Crippen LogP contribution in [0.1, 0.15) is 0 Å². The van der Waals surface area contributed by atoms with Crippen molar-refractivity contribution in [2.45, 2.75) is 18.5 Å². The van der Waals surface area contributed by atoms with Gasteiger partial charge in [-0.2, -0.15) is 8.78 Å². The van der Waals surface area contributed by atoms with Crippen molar-refractivity contribution in [2.75, 3.05) is 13.7 Å². The largest absolute Gasteiger partial charge is 0.479 e. The van der Waals surface area contributed by atoms with Gasteiger partial charge >= 0.3 is 18.3 Å². The summed E-state index contributed by atoms with van der Waals surface area (Å²) in [4.78, 5) is 20.9. The lowest BCUT2D eigenvalue weighted by molar-refractivity contribution is -0.170. The molecule has 1 unspecified atom stereocenters. The molecule has 0 spiro atoms. The Morgan fingerprint density at radius 1 is 1.44 bits per heavy atom. The number of halogens is 4. The van der Waals surface area contributed by atoms with Gasteiger partial charge in [0, 0.05) is 7.11 Å². The molecule has 0 aliphatic heterocycles. The zero-order valence-electron chi connectivity index (χ0n) is 8.05. The number of aliphatic carboxylic acids is 1. The highest BCUT2D eigenvalue weighted by molar-refractivity contribution is 5.84. The van der Waals surface area contributed by atoms with Gasteiger partial charge in [-0.15, -0.1) is 0 Å². The highest BCUT2D eigenvalue weighted by Gasteiger charge is 2.48. The fourth-order valence-electron chi connectivity index (χ4n) is 0.674. The van der Waals surface area contributed by atoms with Gasteiger partial charge in [0.25, 0.3) is 5.91 Å². The van der Waals surface area contributed by atoms with Gasteiger partial charge < -0.3 is 15.2 Å². The fourth-order valence-corrected chi connectivity index (χ4v) is 0.674. The van der Waals surface area contributed by atoms with Gasteiger partial charge in [-0.3, -0.25) is 4.79 Å². The Bertz CT molecular complexity index is 271. The Labute approximate surface area is 87.4 Å². The second-order valence-electron chi connectivity index (χ2n) is 2.70. The molecule has 1 atom stereocenters. The molecule has 0 heterocycles. The molecule has 0 radical (unpaired) electrons. The molecule has 0 fully saturated rings. The van der Waals surface area contributed by atoms with Crippen LogP contribution < -0.4 is 5.32 Å². The third-order valence-electron chi connectivity index (χ3n) is 1.58. The Hall–Kier alpha value is -1.38. The van der Waals surface area contributed by atoms with Crippen molar-refractivity contribution in [1.82, 2.24) is 5.32 Å². The topological polar surface area (TPSA) is 75.6 Å². The van der Waals surface area contributed by atoms with E-state index in [1.165, 1.54) is 5.32 Å². The van der Waals surface area contributed by atoms with Crippen LogP contribution in [-0.2, 0) is 14.3 Å². The van der Waals surface area contributed by atoms with Crippen LogP contribution in [0.25, 0.3) is 0 Å². The maximum atomic E-state index is 12.3. The van der Waals surface area contributed by atoms with E-state index in [2.05, 4.69) is 4.74 Å². The molecular weight excluding hydrogens is 238 g/mol. The van der Waals surface area contributed by atoms with E-state index in [1.54, 1.807) is 0 Å². The molecule has 0 aliphatic rings. The summed E-state index contributed by atoms with van der Waals surface area (Å²) in [6.45, 7) is -0.826. The lowest BCUT2D eigenvalue weighted by Crippen LogP contribution is -2.48. The Kier molecular flexibility index (Phi) is 5.15. The first-order valence-electron chi connectivity index (χ1n) is 3.93. The number of amides is 1. The highest BCUT2D eigenvalue weighted by atomic mass is 19.3. The first-order chi connectivity index (χ1) is 7.23. The van der Waals surface area contributed by atoms with Crippen LogP contribution in [0.4, 0.5) is 17.6 Å². The summed E-state index contributed by atoms with van der Waals surface area (Å²) in [5.41, 5.74) is 0. The Balaban J connectivity index is 4.32. The predicted octanol–water partition coefficient (Wildman–Crippen LogP) is 0.103. The first kappa shape index (κ1) is 14.6. The molecule has 0 saturated carbocycles. The number of ether oxygens (including phenoxy) is 1. The van der Waals surface area contributed by atoms with Crippen LogP contribution in [0.2, 0.25) is 0 Å². The quantitative estimate of drug-likeness (QED) is 0.653. The predicted molar refractivity (Wildman–Crippen MR) is 42.4 cm³/mol. The lowest BCUT2D eigenvalue weighted by atomic mass is 10.3. The minimum atomic E-state index is -4.85. The van der Waals surface area contributed by atoms with Gasteiger partial charge in [0.1, 0.15) is 0 Å². The normalized spacial score (nSPS) is 13.6. The molecule has 2 N–H and O–H groups in total. The molecule has 94 valence electrons. The van der Waals surface area contributed by atoms with Crippen molar-refractivity contribution in [1.29, 1.82) is 0 Å². The summed E-state index contributed by atoms with van der Waals surface area (Å²) in [7, 11) is 0.968. The van der Waals surface area contributed by atoms with Crippen molar-refractivity contribution in [2.24, 2.45) is 0 Å². The average molecular weight is 247 g/mol. The molecule has 0 aromatic carbocycles. The summed E-state index contributed by atoms with van der Waals surface area (Å²) in [5, 5.41) is 9.75. The second kappa shape index (κ2) is 5.64. The third-order valence-corrected chi connectivity index (χ3v) is 1.58. The summed E-state index contributed by atoms with van der Waals surface area (Å²) in [6.07, 6.45) is -5.73. The summed E-state index contributed by atoms with van der Waals surface area (Å²) in [6, 6.07) is 0. The zero-order valence-corrected chi connectivity index (χ0v) is 8.05. The molecule has 0 aliphatic carbocycles. The molecule has 16 heavy (non-hydrogen) atoms. The average Bonchev–Trinajstić information content (AvgIpc) is 2.17. The Morgan fingerprint density at radius 3 is 2.25 bits per heavy atom. The Morgan fingerprint density at radius 2 is 1.94 bits per heavy atom. The van der Waals surface area contributed by atoms with Crippen molar-refractivity contribution >= 4 is 11.9 Å². The lowest BCUT2D eigenvalue weighted by Gasteiger charge is -2.16. The number of alkyl halides is 4. The molecule has 9 heteroatoms. The van der Waals surface area contributed by atoms with E-state index < -0.39 is 36.9 Å². The SMILES string of the molecule is COC(CNC(=O)C(F)(F)C(F)F)C(=O)O. The van der Waals surface area contributed by atoms with Crippen LogP contribution in [0.15, 0.2) is 0 Å². The standard InChI is InChI=1S/C7H9F4NO4/c1-16-3(4(13)14)2-12-6(15)7(10,11)5(8)9/h3,5H,2H2,1H3,(H,12,15)(H,13,14). The van der Waals surface area contributed by atoms with Crippen molar-refractivity contribution < 1.29 is 37.0 Å². The molecule has 1 amide bonds. The number of rotatable bonds is 6. The summed E-state index contributed by atoms with van der Waals surface area (Å²) >= 11 is 0. The molecule has 0 aromatic heterocycles. The van der Waals surface area contributed by atoms with Gasteiger partial charge in [-0.25, -0.2) is 13.6 Å². The monoisotopic (exact) mass is 247 g/mol. The minimum Gasteiger partial charge on any atom is -0.479 e. The number of carbonyl (C=O) groups is 2. The molecule has 0 rings (SSSR count). The highest BCUT2D eigenvalue weighted by Crippen LogP contribution is 2.22. The van der Waals surface area contributed by atoms with Crippen LogP contribution in [0.3, 0.4) is 0 Å². The van der Waals surface area contributed by atoms with Gasteiger partial charge in [0.2, 0.25) is 0 Å². The number of hydrogen-bond acceptors (Lipinski definition) is 3. The number of hydrogen-bond donors (Lipinski definition) is 2. The number of nitrogens with one attached hydrogen (secondary N) is 1. The van der Waals surface area contributed by atoms with Crippen LogP contribution in [0.5, 0.6) is 0 Å². The van der Waals surface area contributed by atoms with E-state index >= 15 is 0 Å². The van der Waals surface area contributed by atoms with Crippen LogP contribution in [0, 0.1) is 0 Å². The minimum absolute atomic E-state index is 0.826. The summed E-state index contributed by atoms with van der Waals surface area (Å²) < 4.78 is 52.3. The van der Waals surface area contributed by atoms with E-state index in [0.29, 0.717) is 0 Å². The van der Waals surface area contributed by atoms with E-state index in [0.717, 1.165) is 7.11 Å². The van der Waals surface area contributed by atoms with Crippen molar-refractivity contribution in [3.05, 3.63) is 0 Å². The fraction of sp³-hybridized carbons (Fsp3) is 0.714. The summed E-state index contributed by atoms with van der Waals surface area (Å²) in [5.74, 6) is -8.61. The van der Waals surface area contributed by atoms with E-state index in [4.69, 9.17) is 5.11 Å². The van der Waals surface area contributed by atoms with E-state index in [9.17, 15) is 27.2 Å². The van der Waals surface area contributed by atoms with Crippen LogP contribution >= 0.6 is 0 Å². The number of carboxylic acid groups (broad SMARTS) is 1. The number of carboxylic acids is 1. The van der Waals surface area contributed by atoms with Crippen molar-refractivity contribution in [3.8, 4) is 0 Å². The molecular formula is C7H9F4NO4. The zero-order chi connectivity index (χ0) is 12.9. The molecule has 0 aromatic rings. The molecule has 0 bridgehead atoms. The number of carbonyl (C=O) groups excluding carboxylic acids is 1. The smallest absolute Gasteiger partial charge is 0.383 e.